The molecule has 0 bridgehead atoms. The highest BCUT2D eigenvalue weighted by Gasteiger charge is 2.28. The Morgan fingerprint density at radius 2 is 2.09 bits per heavy atom. The smallest absolute Gasteiger partial charge is 0.187 e. The minimum absolute atomic E-state index is 0.466. The molecule has 122 valence electrons. The Kier molecular flexibility index (Phi) is 4.35. The van der Waals surface area contributed by atoms with E-state index in [2.05, 4.69) is 14.6 Å². The SMILES string of the molecule is CSc1nccc(-c2cnn(C3CCOCC3)c2CC2CC2)n1. The number of thioether (sulfide) groups is 1. The van der Waals surface area contributed by atoms with Gasteiger partial charge in [0.15, 0.2) is 5.16 Å². The summed E-state index contributed by atoms with van der Waals surface area (Å²) in [6.07, 6.45) is 11.8. The largest absolute Gasteiger partial charge is 0.381 e. The summed E-state index contributed by atoms with van der Waals surface area (Å²) in [5.74, 6) is 0.825. The van der Waals surface area contributed by atoms with Crippen LogP contribution in [0.4, 0.5) is 0 Å². The topological polar surface area (TPSA) is 52.8 Å². The monoisotopic (exact) mass is 330 g/mol. The number of aromatic nitrogens is 4. The highest BCUT2D eigenvalue weighted by Crippen LogP contribution is 2.37. The maximum absolute atomic E-state index is 5.51. The molecule has 1 saturated carbocycles. The molecule has 0 unspecified atom stereocenters. The van der Waals surface area contributed by atoms with Crippen molar-refractivity contribution < 1.29 is 4.74 Å². The molecule has 0 N–H and O–H groups in total. The van der Waals surface area contributed by atoms with E-state index in [1.165, 1.54) is 24.1 Å². The summed E-state index contributed by atoms with van der Waals surface area (Å²) in [5.41, 5.74) is 3.53. The number of nitrogens with zero attached hydrogens (tertiary/aromatic N) is 4. The molecule has 1 aliphatic heterocycles. The average Bonchev–Trinajstić information content (AvgIpc) is 3.33. The minimum Gasteiger partial charge on any atom is -0.381 e. The minimum atomic E-state index is 0.466. The van der Waals surface area contributed by atoms with Gasteiger partial charge >= 0.3 is 0 Å². The van der Waals surface area contributed by atoms with E-state index in [0.717, 1.165) is 49.2 Å². The molecule has 5 nitrogen and oxygen atoms in total. The van der Waals surface area contributed by atoms with Crippen molar-refractivity contribution in [2.75, 3.05) is 19.5 Å². The molecule has 1 saturated heterocycles. The van der Waals surface area contributed by atoms with E-state index < -0.39 is 0 Å². The Labute approximate surface area is 140 Å². The van der Waals surface area contributed by atoms with Crippen LogP contribution in [0.2, 0.25) is 0 Å². The third-order valence-electron chi connectivity index (χ3n) is 4.71. The standard InChI is InChI=1S/C17H22N4OS/c1-23-17-18-7-4-15(20-17)14-11-19-21(13-5-8-22-9-6-13)16(14)10-12-2-3-12/h4,7,11-13H,2-3,5-6,8-10H2,1H3. The first-order chi connectivity index (χ1) is 11.3. The predicted octanol–water partition coefficient (Wildman–Crippen LogP) is 3.37. The maximum atomic E-state index is 5.51. The lowest BCUT2D eigenvalue weighted by atomic mass is 10.1. The van der Waals surface area contributed by atoms with Crippen LogP contribution >= 0.6 is 11.8 Å². The maximum Gasteiger partial charge on any atom is 0.187 e. The molecule has 6 heteroatoms. The van der Waals surface area contributed by atoms with Gasteiger partial charge in [-0.3, -0.25) is 4.68 Å². The van der Waals surface area contributed by atoms with Gasteiger partial charge in [0.1, 0.15) is 0 Å². The molecule has 23 heavy (non-hydrogen) atoms. The van der Waals surface area contributed by atoms with Gasteiger partial charge in [0.05, 0.1) is 17.9 Å². The molecule has 4 rings (SSSR count). The third-order valence-corrected chi connectivity index (χ3v) is 5.27. The Balaban J connectivity index is 1.71. The zero-order chi connectivity index (χ0) is 15.6. The summed E-state index contributed by atoms with van der Waals surface area (Å²) in [7, 11) is 0. The van der Waals surface area contributed by atoms with Gasteiger partial charge in [-0.05, 0) is 50.3 Å². The lowest BCUT2D eigenvalue weighted by Crippen LogP contribution is -2.22. The molecule has 0 spiro atoms. The second kappa shape index (κ2) is 6.61. The van der Waals surface area contributed by atoms with E-state index in [9.17, 15) is 0 Å². The summed E-state index contributed by atoms with van der Waals surface area (Å²) < 4.78 is 7.77. The van der Waals surface area contributed by atoms with Gasteiger partial charge < -0.3 is 4.74 Å². The molecule has 3 heterocycles. The molecular weight excluding hydrogens is 308 g/mol. The van der Waals surface area contributed by atoms with Crippen molar-refractivity contribution in [1.82, 2.24) is 19.7 Å². The van der Waals surface area contributed by atoms with Crippen LogP contribution in [0.25, 0.3) is 11.3 Å². The first-order valence-corrected chi connectivity index (χ1v) is 9.59. The summed E-state index contributed by atoms with van der Waals surface area (Å²) in [5, 5.41) is 5.56. The highest BCUT2D eigenvalue weighted by molar-refractivity contribution is 7.98. The number of hydrogen-bond acceptors (Lipinski definition) is 5. The van der Waals surface area contributed by atoms with E-state index in [0.29, 0.717) is 6.04 Å². The molecular formula is C17H22N4OS. The molecule has 0 atom stereocenters. The second-order valence-corrected chi connectivity index (χ2v) is 7.14. The van der Waals surface area contributed by atoms with Crippen LogP contribution < -0.4 is 0 Å². The molecule has 1 aliphatic carbocycles. The molecule has 0 aromatic carbocycles. The molecule has 2 aromatic heterocycles. The van der Waals surface area contributed by atoms with Crippen LogP contribution in [0, 0.1) is 5.92 Å². The van der Waals surface area contributed by atoms with Gasteiger partial charge in [-0.2, -0.15) is 5.10 Å². The quantitative estimate of drug-likeness (QED) is 0.621. The normalized spacial score (nSPS) is 19.2. The lowest BCUT2D eigenvalue weighted by molar-refractivity contribution is 0.0654. The third kappa shape index (κ3) is 3.28. The fourth-order valence-corrected chi connectivity index (χ4v) is 3.59. The van der Waals surface area contributed by atoms with E-state index in [4.69, 9.17) is 9.84 Å². The van der Waals surface area contributed by atoms with Crippen molar-refractivity contribution in [3.8, 4) is 11.3 Å². The number of ether oxygens (including phenoxy) is 1. The van der Waals surface area contributed by atoms with Crippen LogP contribution in [0.5, 0.6) is 0 Å². The Bertz CT molecular complexity index is 677. The number of hydrogen-bond donors (Lipinski definition) is 0. The Morgan fingerprint density at radius 3 is 2.83 bits per heavy atom. The summed E-state index contributed by atoms with van der Waals surface area (Å²) in [4.78, 5) is 8.97. The van der Waals surface area contributed by atoms with Gasteiger partial charge in [-0.25, -0.2) is 9.97 Å². The first-order valence-electron chi connectivity index (χ1n) is 8.36. The van der Waals surface area contributed by atoms with E-state index in [-0.39, 0.29) is 0 Å². The summed E-state index contributed by atoms with van der Waals surface area (Å²) in [6, 6.07) is 2.47. The Hall–Kier alpha value is -1.40. The summed E-state index contributed by atoms with van der Waals surface area (Å²) >= 11 is 1.58. The van der Waals surface area contributed by atoms with Crippen molar-refractivity contribution in [3.05, 3.63) is 24.2 Å². The summed E-state index contributed by atoms with van der Waals surface area (Å²) in [6.45, 7) is 1.68. The lowest BCUT2D eigenvalue weighted by Gasteiger charge is -2.24. The van der Waals surface area contributed by atoms with Crippen molar-refractivity contribution in [1.29, 1.82) is 0 Å². The van der Waals surface area contributed by atoms with Gasteiger partial charge in [0.25, 0.3) is 0 Å². The van der Waals surface area contributed by atoms with Crippen LogP contribution in [0.3, 0.4) is 0 Å². The molecule has 0 radical (unpaired) electrons. The predicted molar refractivity (Wildman–Crippen MR) is 90.6 cm³/mol. The van der Waals surface area contributed by atoms with Gasteiger partial charge in [-0.15, -0.1) is 0 Å². The van der Waals surface area contributed by atoms with Crippen molar-refractivity contribution in [2.45, 2.75) is 43.3 Å². The van der Waals surface area contributed by atoms with Crippen LogP contribution in [-0.4, -0.2) is 39.2 Å². The van der Waals surface area contributed by atoms with Gasteiger partial charge in [0, 0.05) is 30.7 Å². The molecule has 2 aliphatic rings. The van der Waals surface area contributed by atoms with E-state index in [1.54, 1.807) is 11.8 Å². The van der Waals surface area contributed by atoms with Crippen molar-refractivity contribution >= 4 is 11.8 Å². The van der Waals surface area contributed by atoms with Crippen LogP contribution in [0.1, 0.15) is 37.4 Å². The zero-order valence-electron chi connectivity index (χ0n) is 13.4. The Morgan fingerprint density at radius 1 is 1.26 bits per heavy atom. The van der Waals surface area contributed by atoms with E-state index in [1.807, 2.05) is 24.7 Å². The van der Waals surface area contributed by atoms with Crippen LogP contribution in [-0.2, 0) is 11.2 Å². The zero-order valence-corrected chi connectivity index (χ0v) is 14.3. The van der Waals surface area contributed by atoms with Gasteiger partial charge in [0.2, 0.25) is 0 Å². The van der Waals surface area contributed by atoms with Crippen LogP contribution in [0.15, 0.2) is 23.6 Å². The van der Waals surface area contributed by atoms with Crippen molar-refractivity contribution in [3.63, 3.8) is 0 Å². The molecule has 2 fully saturated rings. The van der Waals surface area contributed by atoms with E-state index >= 15 is 0 Å². The highest BCUT2D eigenvalue weighted by atomic mass is 32.2. The molecule has 2 aromatic rings. The second-order valence-electron chi connectivity index (χ2n) is 6.37. The fraction of sp³-hybridized carbons (Fsp3) is 0.588. The van der Waals surface area contributed by atoms with Crippen molar-refractivity contribution in [2.24, 2.45) is 5.92 Å². The number of rotatable bonds is 5. The molecule has 0 amide bonds. The average molecular weight is 330 g/mol. The fourth-order valence-electron chi connectivity index (χ4n) is 3.23. The first kappa shape index (κ1) is 15.1. The van der Waals surface area contributed by atoms with Gasteiger partial charge in [-0.1, -0.05) is 11.8 Å².